The molecule has 2 heterocycles. The molecule has 1 aromatic rings. The monoisotopic (exact) mass is 397 g/mol. The lowest BCUT2D eigenvalue weighted by Crippen LogP contribution is -2.44. The fourth-order valence-corrected chi connectivity index (χ4v) is 3.87. The van der Waals surface area contributed by atoms with Gasteiger partial charge in [0.25, 0.3) is 5.56 Å². The molecule has 1 atom stereocenters. The van der Waals surface area contributed by atoms with Crippen molar-refractivity contribution in [3.05, 3.63) is 21.6 Å². The highest BCUT2D eigenvalue weighted by Crippen LogP contribution is 2.26. The number of nitrogens with zero attached hydrogens (tertiary/aromatic N) is 2. The number of carbonyl (C=O) groups is 2. The number of ether oxygens (including phenoxy) is 1. The molecule has 9 nitrogen and oxygen atoms in total. The zero-order valence-electron chi connectivity index (χ0n) is 15.2. The zero-order valence-corrected chi connectivity index (χ0v) is 15.9. The first-order valence-electron chi connectivity index (χ1n) is 9.14. The second-order valence-corrected chi connectivity index (χ2v) is 7.43. The number of carbonyl (C=O) groups excluding carboxylic acids is 2. The summed E-state index contributed by atoms with van der Waals surface area (Å²) < 4.78 is 5.52. The summed E-state index contributed by atoms with van der Waals surface area (Å²) in [4.78, 5) is 36.7. The van der Waals surface area contributed by atoms with Crippen LogP contribution in [0, 0.1) is 0 Å². The number of anilines is 1. The predicted octanol–water partition coefficient (Wildman–Crippen LogP) is 1.18. The Morgan fingerprint density at radius 2 is 1.89 bits per heavy atom. The standard InChI is InChI=1S/C17H24ClN5O4/c1-10(24)20-11-2-4-12(5-3-11)21-17(26)27-13-6-7-23(9-13)14-8-19-22-16(25)15(14)18/h8,11-13H,2-7,9H2,1H3,(H,20,24)(H,21,26)(H,22,25)/t11-,12-,13-/m1/s1. The molecule has 0 radical (unpaired) electrons. The van der Waals surface area contributed by atoms with Crippen molar-refractivity contribution >= 4 is 29.3 Å². The molecule has 0 aromatic carbocycles. The van der Waals surface area contributed by atoms with Gasteiger partial charge in [-0.2, -0.15) is 5.10 Å². The number of aromatic amines is 1. The normalized spacial score (nSPS) is 25.1. The number of halogens is 1. The number of rotatable bonds is 4. The van der Waals surface area contributed by atoms with Gasteiger partial charge in [0.1, 0.15) is 11.1 Å². The van der Waals surface area contributed by atoms with Gasteiger partial charge >= 0.3 is 6.09 Å². The molecule has 2 aliphatic rings. The molecular formula is C17H24ClN5O4. The minimum atomic E-state index is -0.439. The van der Waals surface area contributed by atoms with Gasteiger partial charge in [0.05, 0.1) is 18.4 Å². The number of alkyl carbamates (subject to hydrolysis) is 1. The maximum atomic E-state index is 12.2. The van der Waals surface area contributed by atoms with Crippen molar-refractivity contribution in [2.24, 2.45) is 0 Å². The van der Waals surface area contributed by atoms with Crippen LogP contribution in [-0.2, 0) is 9.53 Å². The van der Waals surface area contributed by atoms with Crippen LogP contribution in [-0.4, -0.2) is 53.5 Å². The highest BCUT2D eigenvalue weighted by Gasteiger charge is 2.29. The molecule has 148 valence electrons. The lowest BCUT2D eigenvalue weighted by molar-refractivity contribution is -0.119. The molecule has 2 amide bonds. The van der Waals surface area contributed by atoms with E-state index in [0.717, 1.165) is 25.7 Å². The first-order chi connectivity index (χ1) is 12.9. The molecule has 27 heavy (non-hydrogen) atoms. The van der Waals surface area contributed by atoms with Crippen molar-refractivity contribution in [2.75, 3.05) is 18.0 Å². The van der Waals surface area contributed by atoms with Gasteiger partial charge in [-0.25, -0.2) is 9.89 Å². The predicted molar refractivity (Wildman–Crippen MR) is 100.0 cm³/mol. The lowest BCUT2D eigenvalue weighted by Gasteiger charge is -2.29. The summed E-state index contributed by atoms with van der Waals surface area (Å²) in [6.45, 7) is 2.61. The molecule has 0 unspecified atom stereocenters. The van der Waals surface area contributed by atoms with Crippen molar-refractivity contribution in [3.63, 3.8) is 0 Å². The molecule has 0 bridgehead atoms. The zero-order chi connectivity index (χ0) is 19.4. The highest BCUT2D eigenvalue weighted by atomic mass is 35.5. The summed E-state index contributed by atoms with van der Waals surface area (Å²) in [5.74, 6) is -0.0210. The summed E-state index contributed by atoms with van der Waals surface area (Å²) in [6.07, 6.45) is 4.77. The summed E-state index contributed by atoms with van der Waals surface area (Å²) >= 11 is 6.03. The Hall–Kier alpha value is -2.29. The molecule has 1 saturated heterocycles. The summed E-state index contributed by atoms with van der Waals surface area (Å²) in [7, 11) is 0. The summed E-state index contributed by atoms with van der Waals surface area (Å²) in [5.41, 5.74) is 0.106. The van der Waals surface area contributed by atoms with Gasteiger partial charge in [-0.1, -0.05) is 11.6 Å². The molecule has 3 N–H and O–H groups in total. The van der Waals surface area contributed by atoms with Crippen LogP contribution in [0.1, 0.15) is 39.0 Å². The van der Waals surface area contributed by atoms with Gasteiger partial charge in [-0.15, -0.1) is 0 Å². The van der Waals surface area contributed by atoms with Gasteiger partial charge in [-0.3, -0.25) is 9.59 Å². The maximum absolute atomic E-state index is 12.2. The molecule has 2 fully saturated rings. The smallest absolute Gasteiger partial charge is 0.407 e. The van der Waals surface area contributed by atoms with E-state index in [4.69, 9.17) is 16.3 Å². The van der Waals surface area contributed by atoms with Gasteiger partial charge in [0.15, 0.2) is 0 Å². The molecule has 1 aliphatic heterocycles. The van der Waals surface area contributed by atoms with E-state index in [1.165, 1.54) is 13.1 Å². The lowest BCUT2D eigenvalue weighted by atomic mass is 9.91. The third-order valence-corrected chi connectivity index (χ3v) is 5.36. The number of hydrogen-bond acceptors (Lipinski definition) is 6. The molecule has 1 saturated carbocycles. The first-order valence-corrected chi connectivity index (χ1v) is 9.52. The van der Waals surface area contributed by atoms with E-state index in [2.05, 4.69) is 20.8 Å². The third kappa shape index (κ3) is 5.12. The SMILES string of the molecule is CC(=O)N[C@H]1CC[C@H](NC(=O)O[C@@H]2CCN(c3cn[nH]c(=O)c3Cl)C2)CC1. The third-order valence-electron chi connectivity index (χ3n) is 4.99. The van der Waals surface area contributed by atoms with Crippen LogP contribution in [0.5, 0.6) is 0 Å². The second kappa shape index (κ2) is 8.60. The van der Waals surface area contributed by atoms with Gasteiger partial charge in [0, 0.05) is 32.0 Å². The van der Waals surface area contributed by atoms with Gasteiger partial charge in [0.2, 0.25) is 5.91 Å². The van der Waals surface area contributed by atoms with E-state index in [1.807, 2.05) is 4.90 Å². The maximum Gasteiger partial charge on any atom is 0.407 e. The van der Waals surface area contributed by atoms with Crippen molar-refractivity contribution in [1.82, 2.24) is 20.8 Å². The van der Waals surface area contributed by atoms with E-state index in [1.54, 1.807) is 0 Å². The Morgan fingerprint density at radius 3 is 2.56 bits per heavy atom. The Morgan fingerprint density at radius 1 is 1.22 bits per heavy atom. The number of nitrogens with one attached hydrogen (secondary N) is 3. The number of aromatic nitrogens is 2. The highest BCUT2D eigenvalue weighted by molar-refractivity contribution is 6.33. The summed E-state index contributed by atoms with van der Waals surface area (Å²) in [5, 5.41) is 12.0. The molecule has 1 aliphatic carbocycles. The fraction of sp³-hybridized carbons (Fsp3) is 0.647. The van der Waals surface area contributed by atoms with Crippen molar-refractivity contribution in [3.8, 4) is 0 Å². The van der Waals surface area contributed by atoms with Crippen LogP contribution in [0.3, 0.4) is 0 Å². The molecule has 3 rings (SSSR count). The van der Waals surface area contributed by atoms with Crippen molar-refractivity contribution in [1.29, 1.82) is 0 Å². The number of amides is 2. The quantitative estimate of drug-likeness (QED) is 0.702. The van der Waals surface area contributed by atoms with Crippen LogP contribution in [0.4, 0.5) is 10.5 Å². The average molecular weight is 398 g/mol. The molecular weight excluding hydrogens is 374 g/mol. The second-order valence-electron chi connectivity index (χ2n) is 7.05. The minimum Gasteiger partial charge on any atom is -0.444 e. The van der Waals surface area contributed by atoms with Gasteiger partial charge < -0.3 is 20.3 Å². The Bertz CT molecular complexity index is 747. The van der Waals surface area contributed by atoms with E-state index >= 15 is 0 Å². The molecule has 10 heteroatoms. The molecule has 1 aromatic heterocycles. The largest absolute Gasteiger partial charge is 0.444 e. The fourth-order valence-electron chi connectivity index (χ4n) is 3.66. The van der Waals surface area contributed by atoms with E-state index in [-0.39, 0.29) is 29.1 Å². The van der Waals surface area contributed by atoms with E-state index < -0.39 is 11.7 Å². The van der Waals surface area contributed by atoms with Crippen LogP contribution in [0.25, 0.3) is 0 Å². The van der Waals surface area contributed by atoms with Crippen LogP contribution < -0.4 is 21.1 Å². The van der Waals surface area contributed by atoms with E-state index in [9.17, 15) is 14.4 Å². The number of H-pyrrole nitrogens is 1. The van der Waals surface area contributed by atoms with Crippen LogP contribution in [0.15, 0.2) is 11.0 Å². The Labute approximate surface area is 161 Å². The van der Waals surface area contributed by atoms with Gasteiger partial charge in [-0.05, 0) is 25.7 Å². The summed E-state index contributed by atoms with van der Waals surface area (Å²) in [6, 6.07) is 0.249. The minimum absolute atomic E-state index is 0.0210. The molecule has 0 spiro atoms. The first kappa shape index (κ1) is 19.5. The Balaban J connectivity index is 1.44. The van der Waals surface area contributed by atoms with Crippen molar-refractivity contribution in [2.45, 2.75) is 57.2 Å². The topological polar surface area (TPSA) is 116 Å². The van der Waals surface area contributed by atoms with Crippen molar-refractivity contribution < 1.29 is 14.3 Å². The number of hydrogen-bond donors (Lipinski definition) is 3. The average Bonchev–Trinajstić information content (AvgIpc) is 3.06. The van der Waals surface area contributed by atoms with Crippen LogP contribution in [0.2, 0.25) is 5.02 Å². The van der Waals surface area contributed by atoms with E-state index in [0.29, 0.717) is 25.2 Å². The van der Waals surface area contributed by atoms with Crippen LogP contribution >= 0.6 is 11.6 Å². The Kier molecular flexibility index (Phi) is 6.20.